The number of anilines is 1. The van der Waals surface area contributed by atoms with Gasteiger partial charge in [0.15, 0.2) is 0 Å². The predicted octanol–water partition coefficient (Wildman–Crippen LogP) is 3.03. The van der Waals surface area contributed by atoms with Crippen molar-refractivity contribution in [3.05, 3.63) is 53.1 Å². The van der Waals surface area contributed by atoms with Crippen LogP contribution in [0.2, 0.25) is 5.02 Å². The Hall–Kier alpha value is -2.47. The van der Waals surface area contributed by atoms with E-state index in [0.29, 0.717) is 23.0 Å². The largest absolute Gasteiger partial charge is 0.308 e. The third-order valence-corrected chi connectivity index (χ3v) is 4.32. The van der Waals surface area contributed by atoms with E-state index in [4.69, 9.17) is 11.6 Å². The molecular weight excluding hydrogens is 326 g/mol. The van der Waals surface area contributed by atoms with E-state index in [1.54, 1.807) is 0 Å². The number of halogens is 1. The summed E-state index contributed by atoms with van der Waals surface area (Å²) in [5, 5.41) is 9.98. The molecule has 0 fully saturated rings. The molecule has 6 nitrogen and oxygen atoms in total. The molecule has 2 heterocycles. The van der Waals surface area contributed by atoms with Crippen molar-refractivity contribution in [2.75, 3.05) is 11.6 Å². The van der Waals surface area contributed by atoms with E-state index in [-0.39, 0.29) is 11.3 Å². The SMILES string of the molecule is Cc1ccc(N2CC(C)(C)C(NC(=O)c3cncnc3)=N2)cc1Cl. The highest BCUT2D eigenvalue weighted by molar-refractivity contribution is 6.31. The van der Waals surface area contributed by atoms with Crippen molar-refractivity contribution in [2.24, 2.45) is 10.5 Å². The van der Waals surface area contributed by atoms with Crippen LogP contribution >= 0.6 is 11.6 Å². The second-order valence-corrected chi connectivity index (χ2v) is 6.81. The molecule has 7 heteroatoms. The number of nitrogens with one attached hydrogen (secondary N) is 1. The molecule has 1 N–H and O–H groups in total. The van der Waals surface area contributed by atoms with Crippen molar-refractivity contribution < 1.29 is 4.79 Å². The first-order valence-electron chi connectivity index (χ1n) is 7.56. The van der Waals surface area contributed by atoms with E-state index in [9.17, 15) is 4.79 Å². The lowest BCUT2D eigenvalue weighted by Crippen LogP contribution is -2.40. The molecule has 2 aromatic rings. The summed E-state index contributed by atoms with van der Waals surface area (Å²) >= 11 is 6.21. The molecule has 0 atom stereocenters. The Morgan fingerprint density at radius 2 is 2.00 bits per heavy atom. The Kier molecular flexibility index (Phi) is 4.24. The molecule has 1 aliphatic rings. The molecule has 0 aliphatic carbocycles. The van der Waals surface area contributed by atoms with Gasteiger partial charge in [-0.25, -0.2) is 9.97 Å². The molecule has 0 unspecified atom stereocenters. The highest BCUT2D eigenvalue weighted by atomic mass is 35.5. The Morgan fingerprint density at radius 1 is 1.29 bits per heavy atom. The van der Waals surface area contributed by atoms with Gasteiger partial charge in [0.05, 0.1) is 17.8 Å². The Labute approximate surface area is 145 Å². The maximum Gasteiger partial charge on any atom is 0.259 e. The van der Waals surface area contributed by atoms with Crippen LogP contribution in [0.5, 0.6) is 0 Å². The highest BCUT2D eigenvalue weighted by Gasteiger charge is 2.36. The van der Waals surface area contributed by atoms with Crippen LogP contribution in [0.15, 0.2) is 42.0 Å². The van der Waals surface area contributed by atoms with E-state index < -0.39 is 0 Å². The van der Waals surface area contributed by atoms with Crippen molar-refractivity contribution in [3.63, 3.8) is 0 Å². The number of benzene rings is 1. The van der Waals surface area contributed by atoms with Crippen molar-refractivity contribution >= 4 is 29.0 Å². The van der Waals surface area contributed by atoms with Gasteiger partial charge in [0, 0.05) is 22.8 Å². The number of nitrogens with zero attached hydrogens (tertiary/aromatic N) is 4. The number of hydrazone groups is 1. The molecule has 124 valence electrons. The number of rotatable bonds is 2. The fourth-order valence-corrected chi connectivity index (χ4v) is 2.60. The first-order valence-corrected chi connectivity index (χ1v) is 7.94. The number of hydrogen-bond donors (Lipinski definition) is 1. The van der Waals surface area contributed by atoms with Gasteiger partial charge in [-0.2, -0.15) is 5.10 Å². The van der Waals surface area contributed by atoms with Crippen LogP contribution in [0.1, 0.15) is 29.8 Å². The maximum absolute atomic E-state index is 12.3. The van der Waals surface area contributed by atoms with Gasteiger partial charge in [-0.1, -0.05) is 31.5 Å². The number of carbonyl (C=O) groups is 1. The van der Waals surface area contributed by atoms with Gasteiger partial charge >= 0.3 is 0 Å². The average molecular weight is 344 g/mol. The second kappa shape index (κ2) is 6.20. The van der Waals surface area contributed by atoms with Gasteiger partial charge in [-0.15, -0.1) is 0 Å². The van der Waals surface area contributed by atoms with Crippen molar-refractivity contribution in [2.45, 2.75) is 20.8 Å². The maximum atomic E-state index is 12.3. The van der Waals surface area contributed by atoms with Crippen LogP contribution in [-0.4, -0.2) is 28.3 Å². The second-order valence-electron chi connectivity index (χ2n) is 6.40. The lowest BCUT2D eigenvalue weighted by atomic mass is 9.92. The Morgan fingerprint density at radius 3 is 2.67 bits per heavy atom. The minimum atomic E-state index is -0.303. The average Bonchev–Trinajstić information content (AvgIpc) is 2.85. The minimum absolute atomic E-state index is 0.272. The number of aromatic nitrogens is 2. The molecule has 24 heavy (non-hydrogen) atoms. The summed E-state index contributed by atoms with van der Waals surface area (Å²) in [6.45, 7) is 6.66. The molecule has 0 bridgehead atoms. The molecule has 0 radical (unpaired) electrons. The van der Waals surface area contributed by atoms with Crippen LogP contribution in [-0.2, 0) is 0 Å². The van der Waals surface area contributed by atoms with E-state index in [2.05, 4.69) is 20.4 Å². The fraction of sp³-hybridized carbons (Fsp3) is 0.294. The number of carbonyl (C=O) groups excluding carboxylic acids is 1. The first-order chi connectivity index (χ1) is 11.4. The van der Waals surface area contributed by atoms with E-state index >= 15 is 0 Å². The third-order valence-electron chi connectivity index (χ3n) is 3.91. The zero-order chi connectivity index (χ0) is 17.3. The van der Waals surface area contributed by atoms with Crippen LogP contribution in [0.4, 0.5) is 5.69 Å². The summed E-state index contributed by atoms with van der Waals surface area (Å²) in [6.07, 6.45) is 4.33. The molecule has 1 aliphatic heterocycles. The number of aryl methyl sites for hydroxylation is 1. The summed E-state index contributed by atoms with van der Waals surface area (Å²) in [4.78, 5) is 20.0. The van der Waals surface area contributed by atoms with Gasteiger partial charge in [0.2, 0.25) is 0 Å². The van der Waals surface area contributed by atoms with Gasteiger partial charge in [0.25, 0.3) is 5.91 Å². The molecule has 0 saturated heterocycles. The van der Waals surface area contributed by atoms with Crippen molar-refractivity contribution in [3.8, 4) is 0 Å². The van der Waals surface area contributed by atoms with Crippen LogP contribution in [0.3, 0.4) is 0 Å². The van der Waals surface area contributed by atoms with Crippen molar-refractivity contribution in [1.29, 1.82) is 0 Å². The number of hydrogen-bond acceptors (Lipinski definition) is 5. The Bertz CT molecular complexity index is 804. The van der Waals surface area contributed by atoms with E-state index in [1.807, 2.05) is 44.0 Å². The topological polar surface area (TPSA) is 70.5 Å². The normalized spacial score (nSPS) is 16.0. The quantitative estimate of drug-likeness (QED) is 0.909. The summed E-state index contributed by atoms with van der Waals surface area (Å²) < 4.78 is 0. The zero-order valence-corrected chi connectivity index (χ0v) is 14.5. The van der Waals surface area contributed by atoms with Crippen LogP contribution in [0.25, 0.3) is 0 Å². The fourth-order valence-electron chi connectivity index (χ4n) is 2.42. The van der Waals surface area contributed by atoms with E-state index in [1.165, 1.54) is 18.7 Å². The Balaban J connectivity index is 1.84. The van der Waals surface area contributed by atoms with Crippen LogP contribution < -0.4 is 10.3 Å². The van der Waals surface area contributed by atoms with Gasteiger partial charge in [-0.3, -0.25) is 9.80 Å². The van der Waals surface area contributed by atoms with E-state index in [0.717, 1.165) is 11.3 Å². The van der Waals surface area contributed by atoms with Crippen molar-refractivity contribution in [1.82, 2.24) is 15.3 Å². The monoisotopic (exact) mass is 343 g/mol. The predicted molar refractivity (Wildman–Crippen MR) is 94.2 cm³/mol. The third kappa shape index (κ3) is 3.23. The molecule has 3 rings (SSSR count). The molecule has 1 amide bonds. The van der Waals surface area contributed by atoms with Gasteiger partial charge < -0.3 is 5.32 Å². The summed E-state index contributed by atoms with van der Waals surface area (Å²) in [5.41, 5.74) is 2.00. The summed E-state index contributed by atoms with van der Waals surface area (Å²) in [6, 6.07) is 5.81. The highest BCUT2D eigenvalue weighted by Crippen LogP contribution is 2.31. The lowest BCUT2D eigenvalue weighted by Gasteiger charge is -2.21. The molecule has 1 aromatic heterocycles. The van der Waals surface area contributed by atoms with Gasteiger partial charge in [-0.05, 0) is 24.6 Å². The number of amides is 1. The molecular formula is C17H18ClN5O. The molecule has 1 aromatic carbocycles. The smallest absolute Gasteiger partial charge is 0.259 e. The number of amidine groups is 1. The van der Waals surface area contributed by atoms with Gasteiger partial charge in [0.1, 0.15) is 12.2 Å². The lowest BCUT2D eigenvalue weighted by molar-refractivity contribution is 0.0973. The summed E-state index contributed by atoms with van der Waals surface area (Å²) in [5.74, 6) is 0.333. The standard InChI is InChI=1S/C17H18ClN5O/c1-11-4-5-13(6-14(11)18)23-9-17(2,3)16(22-23)21-15(24)12-7-19-10-20-8-12/h4-8,10H,9H2,1-3H3,(H,21,22,24). The van der Waals surface area contributed by atoms with Crippen LogP contribution in [0, 0.1) is 12.3 Å². The first kappa shape index (κ1) is 16.4. The molecule has 0 saturated carbocycles. The summed E-state index contributed by atoms with van der Waals surface area (Å²) in [7, 11) is 0. The minimum Gasteiger partial charge on any atom is -0.308 e. The zero-order valence-electron chi connectivity index (χ0n) is 13.7. The molecule has 0 spiro atoms.